The third kappa shape index (κ3) is 3.61. The minimum absolute atomic E-state index is 0.196. The van der Waals surface area contributed by atoms with Crippen molar-refractivity contribution in [2.75, 3.05) is 42.2 Å². The average molecular weight is 456 g/mol. The number of anilines is 3. The van der Waals surface area contributed by atoms with E-state index in [1.165, 1.54) is 6.26 Å². The van der Waals surface area contributed by atoms with Gasteiger partial charge in [0, 0.05) is 31.6 Å². The Morgan fingerprint density at radius 2 is 2.00 bits per heavy atom. The third-order valence-electron chi connectivity index (χ3n) is 6.89. The number of nitrogens with one attached hydrogen (secondary N) is 1. The van der Waals surface area contributed by atoms with Gasteiger partial charge >= 0.3 is 0 Å². The summed E-state index contributed by atoms with van der Waals surface area (Å²) in [6.45, 7) is 5.50. The largest absolute Gasteiger partial charge is 0.355 e. The van der Waals surface area contributed by atoms with E-state index in [0.29, 0.717) is 28.4 Å². The van der Waals surface area contributed by atoms with Crippen LogP contribution >= 0.6 is 0 Å². The minimum atomic E-state index is -3.30. The maximum Gasteiger partial charge on any atom is 0.183 e. The molecule has 0 aliphatic carbocycles. The molecule has 0 bridgehead atoms. The number of H-pyrrole nitrogens is 1. The first-order valence-electron chi connectivity index (χ1n) is 11.0. The Balaban J connectivity index is 1.48. The molecule has 3 N–H and O–H groups in total. The Morgan fingerprint density at radius 1 is 1.22 bits per heavy atom. The topological polar surface area (TPSA) is 121 Å². The molecule has 1 fully saturated rings. The van der Waals surface area contributed by atoms with E-state index in [-0.39, 0.29) is 5.41 Å². The van der Waals surface area contributed by atoms with Gasteiger partial charge in [0.1, 0.15) is 5.82 Å². The quantitative estimate of drug-likeness (QED) is 0.615. The summed E-state index contributed by atoms with van der Waals surface area (Å²) >= 11 is 0. The molecule has 1 aromatic carbocycles. The molecule has 1 saturated heterocycles. The number of aromatic nitrogens is 4. The molecule has 5 rings (SSSR count). The molecule has 2 aliphatic heterocycles. The first kappa shape index (κ1) is 21.1. The molecule has 32 heavy (non-hydrogen) atoms. The molecule has 2 aromatic heterocycles. The summed E-state index contributed by atoms with van der Waals surface area (Å²) in [5, 5.41) is 7.56. The normalized spacial score (nSPS) is 18.7. The van der Waals surface area contributed by atoms with Gasteiger partial charge in [0.25, 0.3) is 0 Å². The van der Waals surface area contributed by atoms with Crippen molar-refractivity contribution in [3.63, 3.8) is 0 Å². The van der Waals surface area contributed by atoms with Crippen molar-refractivity contribution in [3.05, 3.63) is 30.0 Å². The predicted molar refractivity (Wildman–Crippen MR) is 125 cm³/mol. The standard InChI is InChI=1S/C22H29N7O2S/c1-22(14-23)8-11-28(12-9-22)18-13-24-19-20(25-18)26-27-21(19)29-10-4-5-15-16(29)6-3-7-17(15)32(2,30)31/h3,6-7,13H,4-5,8-12,14,23H2,1-2H3,(H,25,26,27). The minimum Gasteiger partial charge on any atom is -0.355 e. The molecule has 170 valence electrons. The van der Waals surface area contributed by atoms with E-state index in [0.717, 1.165) is 62.4 Å². The smallest absolute Gasteiger partial charge is 0.183 e. The zero-order valence-electron chi connectivity index (χ0n) is 18.5. The highest BCUT2D eigenvalue weighted by atomic mass is 32.2. The number of aromatic amines is 1. The molecule has 3 aromatic rings. The number of nitrogens with two attached hydrogens (primary N) is 1. The van der Waals surface area contributed by atoms with Gasteiger partial charge in [0.05, 0.1) is 11.1 Å². The second kappa shape index (κ2) is 7.70. The highest BCUT2D eigenvalue weighted by Crippen LogP contribution is 2.38. The van der Waals surface area contributed by atoms with Gasteiger partial charge in [-0.05, 0) is 55.3 Å². The second-order valence-corrected chi connectivity index (χ2v) is 11.2. The first-order valence-corrected chi connectivity index (χ1v) is 12.9. The van der Waals surface area contributed by atoms with Crippen LogP contribution in [0.15, 0.2) is 29.3 Å². The number of piperidine rings is 1. The summed E-state index contributed by atoms with van der Waals surface area (Å²) < 4.78 is 24.6. The summed E-state index contributed by atoms with van der Waals surface area (Å²) in [5.41, 5.74) is 9.18. The Morgan fingerprint density at radius 3 is 2.72 bits per heavy atom. The molecular formula is C22H29N7O2S. The molecule has 4 heterocycles. The van der Waals surface area contributed by atoms with E-state index < -0.39 is 9.84 Å². The summed E-state index contributed by atoms with van der Waals surface area (Å²) in [6, 6.07) is 5.42. The zero-order chi connectivity index (χ0) is 22.5. The van der Waals surface area contributed by atoms with E-state index >= 15 is 0 Å². The van der Waals surface area contributed by atoms with Crippen molar-refractivity contribution in [1.29, 1.82) is 0 Å². The van der Waals surface area contributed by atoms with Crippen LogP contribution in [0.3, 0.4) is 0 Å². The Labute approximate surface area is 187 Å². The molecule has 0 spiro atoms. The van der Waals surface area contributed by atoms with Crippen LogP contribution in [-0.2, 0) is 16.3 Å². The van der Waals surface area contributed by atoms with Crippen LogP contribution in [0.4, 0.5) is 17.3 Å². The molecular weight excluding hydrogens is 426 g/mol. The van der Waals surface area contributed by atoms with Crippen molar-refractivity contribution in [2.24, 2.45) is 11.1 Å². The van der Waals surface area contributed by atoms with Crippen LogP contribution in [-0.4, -0.2) is 61.0 Å². The van der Waals surface area contributed by atoms with Gasteiger partial charge in [-0.2, -0.15) is 5.10 Å². The van der Waals surface area contributed by atoms with Gasteiger partial charge in [-0.3, -0.25) is 5.10 Å². The Bertz CT molecular complexity index is 1260. The van der Waals surface area contributed by atoms with E-state index in [1.54, 1.807) is 12.1 Å². The van der Waals surface area contributed by atoms with Crippen molar-refractivity contribution in [2.45, 2.75) is 37.5 Å². The van der Waals surface area contributed by atoms with Crippen LogP contribution in [0.5, 0.6) is 0 Å². The van der Waals surface area contributed by atoms with Gasteiger partial charge in [-0.25, -0.2) is 18.4 Å². The van der Waals surface area contributed by atoms with E-state index in [2.05, 4.69) is 22.0 Å². The zero-order valence-corrected chi connectivity index (χ0v) is 19.3. The second-order valence-electron chi connectivity index (χ2n) is 9.26. The number of benzene rings is 1. The Hall–Kier alpha value is -2.72. The molecule has 9 nitrogen and oxygen atoms in total. The highest BCUT2D eigenvalue weighted by Gasteiger charge is 2.30. The lowest BCUT2D eigenvalue weighted by atomic mass is 9.80. The molecule has 0 atom stereocenters. The maximum absolute atomic E-state index is 12.3. The maximum atomic E-state index is 12.3. The molecule has 2 aliphatic rings. The number of nitrogens with zero attached hydrogens (tertiary/aromatic N) is 5. The van der Waals surface area contributed by atoms with E-state index in [4.69, 9.17) is 15.7 Å². The summed E-state index contributed by atoms with van der Waals surface area (Å²) in [5.74, 6) is 1.52. The lowest BCUT2D eigenvalue weighted by Crippen LogP contribution is -2.42. The monoisotopic (exact) mass is 455 g/mol. The van der Waals surface area contributed by atoms with E-state index in [9.17, 15) is 8.42 Å². The Kier molecular flexibility index (Phi) is 5.09. The summed E-state index contributed by atoms with van der Waals surface area (Å²) in [4.78, 5) is 14.2. The lowest BCUT2D eigenvalue weighted by Gasteiger charge is -2.39. The van der Waals surface area contributed by atoms with Gasteiger partial charge in [-0.1, -0.05) is 13.0 Å². The lowest BCUT2D eigenvalue weighted by molar-refractivity contribution is 0.258. The predicted octanol–water partition coefficient (Wildman–Crippen LogP) is 2.41. The third-order valence-corrected chi connectivity index (χ3v) is 8.07. The fourth-order valence-electron chi connectivity index (χ4n) is 4.76. The average Bonchev–Trinajstić information content (AvgIpc) is 3.21. The molecule has 0 saturated carbocycles. The van der Waals surface area contributed by atoms with Crippen LogP contribution < -0.4 is 15.5 Å². The van der Waals surface area contributed by atoms with Crippen LogP contribution in [0.2, 0.25) is 0 Å². The van der Waals surface area contributed by atoms with Crippen molar-refractivity contribution >= 4 is 38.3 Å². The summed E-state index contributed by atoms with van der Waals surface area (Å²) in [7, 11) is -3.30. The molecule has 0 radical (unpaired) electrons. The van der Waals surface area contributed by atoms with Crippen LogP contribution in [0.25, 0.3) is 11.2 Å². The fourth-order valence-corrected chi connectivity index (χ4v) is 5.74. The van der Waals surface area contributed by atoms with Gasteiger partial charge < -0.3 is 15.5 Å². The van der Waals surface area contributed by atoms with Crippen molar-refractivity contribution < 1.29 is 8.42 Å². The SMILES string of the molecule is CC1(CN)CCN(c2cnc3c(N4CCCc5c4cccc5S(C)(=O)=O)n[nH]c3n2)CC1. The van der Waals surface area contributed by atoms with E-state index in [1.807, 2.05) is 17.2 Å². The van der Waals surface area contributed by atoms with Crippen LogP contribution in [0, 0.1) is 5.41 Å². The fraction of sp³-hybridized carbons (Fsp3) is 0.500. The molecule has 0 unspecified atom stereocenters. The van der Waals surface area contributed by atoms with Gasteiger partial charge in [0.15, 0.2) is 26.8 Å². The first-order chi connectivity index (χ1) is 15.3. The van der Waals surface area contributed by atoms with Gasteiger partial charge in [0.2, 0.25) is 0 Å². The van der Waals surface area contributed by atoms with Crippen molar-refractivity contribution in [3.8, 4) is 0 Å². The molecule has 0 amide bonds. The van der Waals surface area contributed by atoms with Crippen LogP contribution in [0.1, 0.15) is 31.7 Å². The molecule has 10 heteroatoms. The van der Waals surface area contributed by atoms with Crippen molar-refractivity contribution in [1.82, 2.24) is 20.2 Å². The number of fused-ring (bicyclic) bond motifs is 2. The summed E-state index contributed by atoms with van der Waals surface area (Å²) in [6.07, 6.45) is 6.70. The highest BCUT2D eigenvalue weighted by molar-refractivity contribution is 7.90. The number of hydrogen-bond donors (Lipinski definition) is 2. The number of rotatable bonds is 4. The number of sulfone groups is 1. The number of hydrogen-bond acceptors (Lipinski definition) is 8. The van der Waals surface area contributed by atoms with Gasteiger partial charge in [-0.15, -0.1) is 0 Å².